The molecule has 0 radical (unpaired) electrons. The Hall–Kier alpha value is -4.67. The van der Waals surface area contributed by atoms with Gasteiger partial charge in [-0.25, -0.2) is 14.4 Å². The van der Waals surface area contributed by atoms with E-state index in [1.165, 1.54) is 48.5 Å². The van der Waals surface area contributed by atoms with E-state index >= 15 is 0 Å². The third-order valence-corrected chi connectivity index (χ3v) is 4.72. The molecule has 0 unspecified atom stereocenters. The SMILES string of the molecule is O=C(O[C@H](C(=O)Nc1cccc(C(F)(F)F)c1)[C@@H](OC(=O)c1ccccc1)C(=O)O)c1ccccc1. The van der Waals surface area contributed by atoms with E-state index in [1.54, 1.807) is 12.1 Å². The summed E-state index contributed by atoms with van der Waals surface area (Å²) in [7, 11) is 0. The second-order valence-corrected chi connectivity index (χ2v) is 7.29. The van der Waals surface area contributed by atoms with Gasteiger partial charge in [0.15, 0.2) is 0 Å². The van der Waals surface area contributed by atoms with Gasteiger partial charge >= 0.3 is 24.1 Å². The summed E-state index contributed by atoms with van der Waals surface area (Å²) in [6, 6.07) is 18.0. The number of carbonyl (C=O) groups is 4. The molecule has 3 aromatic rings. The van der Waals surface area contributed by atoms with Gasteiger partial charge in [0.2, 0.25) is 12.2 Å². The topological polar surface area (TPSA) is 119 Å². The summed E-state index contributed by atoms with van der Waals surface area (Å²) in [6.07, 6.45) is -9.29. The minimum absolute atomic E-state index is 0.0461. The summed E-state index contributed by atoms with van der Waals surface area (Å²) in [5.41, 5.74) is -1.53. The molecule has 3 aromatic carbocycles. The third kappa shape index (κ3) is 6.69. The lowest BCUT2D eigenvalue weighted by Crippen LogP contribution is -2.48. The highest BCUT2D eigenvalue weighted by Gasteiger charge is 2.41. The van der Waals surface area contributed by atoms with Crippen LogP contribution in [0.25, 0.3) is 0 Å². The first-order valence-corrected chi connectivity index (χ1v) is 10.3. The number of hydrogen-bond donors (Lipinski definition) is 2. The number of esters is 2. The minimum atomic E-state index is -4.71. The van der Waals surface area contributed by atoms with Crippen molar-refractivity contribution in [1.29, 1.82) is 0 Å². The van der Waals surface area contributed by atoms with Crippen molar-refractivity contribution in [3.8, 4) is 0 Å². The van der Waals surface area contributed by atoms with E-state index < -0.39 is 47.8 Å². The summed E-state index contributed by atoms with van der Waals surface area (Å²) in [5.74, 6) is -5.41. The van der Waals surface area contributed by atoms with Crippen LogP contribution < -0.4 is 5.32 Å². The quantitative estimate of drug-likeness (QED) is 0.445. The maximum atomic E-state index is 13.0. The Morgan fingerprint density at radius 1 is 0.722 bits per heavy atom. The largest absolute Gasteiger partial charge is 0.478 e. The number of carboxylic acids is 1. The lowest BCUT2D eigenvalue weighted by molar-refractivity contribution is -0.157. The number of nitrogens with one attached hydrogen (secondary N) is 1. The molecule has 36 heavy (non-hydrogen) atoms. The standard InChI is InChI=1S/C25H18F3NO7/c26-25(27,28)17-12-7-13-18(14-17)29-21(30)19(35-23(33)15-8-3-1-4-9-15)20(22(31)32)36-24(34)16-10-5-2-6-11-16/h1-14,19-20H,(H,29,30)(H,31,32)/t19-,20+/m0/s1. The molecule has 2 atom stereocenters. The zero-order valence-corrected chi connectivity index (χ0v) is 18.3. The first-order valence-electron chi connectivity index (χ1n) is 10.3. The van der Waals surface area contributed by atoms with Gasteiger partial charge in [0.25, 0.3) is 5.91 Å². The lowest BCUT2D eigenvalue weighted by Gasteiger charge is -2.23. The predicted octanol–water partition coefficient (Wildman–Crippen LogP) is 4.18. The van der Waals surface area contributed by atoms with Gasteiger partial charge in [0.05, 0.1) is 16.7 Å². The van der Waals surface area contributed by atoms with Gasteiger partial charge in [-0.15, -0.1) is 0 Å². The molecule has 0 aliphatic carbocycles. The Morgan fingerprint density at radius 3 is 1.69 bits per heavy atom. The van der Waals surface area contributed by atoms with Crippen molar-refractivity contribution >= 4 is 29.5 Å². The van der Waals surface area contributed by atoms with Gasteiger partial charge < -0.3 is 19.9 Å². The molecule has 0 aliphatic rings. The summed E-state index contributed by atoms with van der Waals surface area (Å²) in [6.45, 7) is 0. The highest BCUT2D eigenvalue weighted by atomic mass is 19.4. The Labute approximate surface area is 202 Å². The number of hydrogen-bond acceptors (Lipinski definition) is 6. The molecule has 0 saturated heterocycles. The molecule has 0 aliphatic heterocycles. The number of ether oxygens (including phenoxy) is 2. The first-order chi connectivity index (χ1) is 17.1. The lowest BCUT2D eigenvalue weighted by atomic mass is 10.1. The van der Waals surface area contributed by atoms with Crippen molar-refractivity contribution in [3.63, 3.8) is 0 Å². The van der Waals surface area contributed by atoms with Gasteiger partial charge in [-0.05, 0) is 42.5 Å². The Morgan fingerprint density at radius 2 is 1.22 bits per heavy atom. The number of carboxylic acid groups (broad SMARTS) is 1. The smallest absolute Gasteiger partial charge is 0.416 e. The van der Waals surface area contributed by atoms with Gasteiger partial charge in [0.1, 0.15) is 0 Å². The molecule has 0 bridgehead atoms. The summed E-state index contributed by atoms with van der Waals surface area (Å²) >= 11 is 0. The molecular weight excluding hydrogens is 483 g/mol. The molecule has 0 spiro atoms. The molecular formula is C25H18F3NO7. The average molecular weight is 501 g/mol. The van der Waals surface area contributed by atoms with E-state index in [2.05, 4.69) is 5.32 Å². The average Bonchev–Trinajstić information content (AvgIpc) is 2.86. The van der Waals surface area contributed by atoms with E-state index in [1.807, 2.05) is 0 Å². The van der Waals surface area contributed by atoms with Crippen molar-refractivity contribution in [2.75, 3.05) is 5.32 Å². The fourth-order valence-corrected chi connectivity index (χ4v) is 3.00. The number of carbonyl (C=O) groups excluding carboxylic acids is 3. The monoisotopic (exact) mass is 501 g/mol. The van der Waals surface area contributed by atoms with Crippen LogP contribution in [-0.4, -0.2) is 41.1 Å². The molecule has 186 valence electrons. The minimum Gasteiger partial charge on any atom is -0.478 e. The van der Waals surface area contributed by atoms with Crippen molar-refractivity contribution in [2.45, 2.75) is 18.4 Å². The molecule has 0 saturated carbocycles. The normalized spacial score (nSPS) is 12.6. The van der Waals surface area contributed by atoms with Crippen LogP contribution in [0.5, 0.6) is 0 Å². The number of rotatable bonds is 8. The van der Waals surface area contributed by atoms with Crippen molar-refractivity contribution in [2.24, 2.45) is 0 Å². The Bertz CT molecular complexity index is 1250. The number of amides is 1. The van der Waals surface area contributed by atoms with E-state index in [-0.39, 0.29) is 16.8 Å². The second-order valence-electron chi connectivity index (χ2n) is 7.29. The van der Waals surface area contributed by atoms with Crippen LogP contribution in [0.1, 0.15) is 26.3 Å². The van der Waals surface area contributed by atoms with Crippen LogP contribution >= 0.6 is 0 Å². The number of anilines is 1. The highest BCUT2D eigenvalue weighted by Crippen LogP contribution is 2.30. The van der Waals surface area contributed by atoms with E-state index in [9.17, 15) is 37.5 Å². The fourth-order valence-electron chi connectivity index (χ4n) is 3.00. The molecule has 0 aromatic heterocycles. The fraction of sp³-hybridized carbons (Fsp3) is 0.120. The number of halogens is 3. The summed E-state index contributed by atoms with van der Waals surface area (Å²) in [4.78, 5) is 50.0. The maximum absolute atomic E-state index is 13.0. The Balaban J connectivity index is 1.92. The molecule has 1 amide bonds. The van der Waals surface area contributed by atoms with Crippen molar-refractivity contribution in [1.82, 2.24) is 0 Å². The van der Waals surface area contributed by atoms with E-state index in [0.717, 1.165) is 18.2 Å². The third-order valence-electron chi connectivity index (χ3n) is 4.72. The van der Waals surface area contributed by atoms with Crippen molar-refractivity contribution in [3.05, 3.63) is 102 Å². The van der Waals surface area contributed by atoms with Crippen LogP contribution in [0.15, 0.2) is 84.9 Å². The second kappa shape index (κ2) is 11.2. The predicted molar refractivity (Wildman–Crippen MR) is 119 cm³/mol. The maximum Gasteiger partial charge on any atom is 0.416 e. The van der Waals surface area contributed by atoms with Gasteiger partial charge in [-0.3, -0.25) is 4.79 Å². The van der Waals surface area contributed by atoms with E-state index in [4.69, 9.17) is 9.47 Å². The van der Waals surface area contributed by atoms with Crippen LogP contribution in [0.2, 0.25) is 0 Å². The Kier molecular flexibility index (Phi) is 8.05. The molecule has 11 heteroatoms. The molecule has 2 N–H and O–H groups in total. The van der Waals surface area contributed by atoms with Gasteiger partial charge in [0, 0.05) is 5.69 Å². The first kappa shape index (κ1) is 25.9. The van der Waals surface area contributed by atoms with Crippen molar-refractivity contribution < 1.29 is 46.9 Å². The van der Waals surface area contributed by atoms with Crippen LogP contribution in [0.3, 0.4) is 0 Å². The molecule has 0 fully saturated rings. The zero-order chi connectivity index (χ0) is 26.3. The molecule has 3 rings (SSSR count). The zero-order valence-electron chi connectivity index (χ0n) is 18.3. The number of benzene rings is 3. The number of alkyl halides is 3. The van der Waals surface area contributed by atoms with E-state index in [0.29, 0.717) is 6.07 Å². The highest BCUT2D eigenvalue weighted by molar-refractivity contribution is 6.01. The molecule has 0 heterocycles. The van der Waals surface area contributed by atoms with Crippen LogP contribution in [0.4, 0.5) is 18.9 Å². The summed E-state index contributed by atoms with van der Waals surface area (Å²) in [5, 5.41) is 11.8. The van der Waals surface area contributed by atoms with Gasteiger partial charge in [-0.2, -0.15) is 13.2 Å². The molecule has 8 nitrogen and oxygen atoms in total. The number of aliphatic carboxylic acids is 1. The summed E-state index contributed by atoms with van der Waals surface area (Å²) < 4.78 is 49.2. The van der Waals surface area contributed by atoms with Gasteiger partial charge in [-0.1, -0.05) is 42.5 Å². The van der Waals surface area contributed by atoms with Crippen LogP contribution in [0, 0.1) is 0 Å². The van der Waals surface area contributed by atoms with Crippen LogP contribution in [-0.2, 0) is 25.2 Å².